The van der Waals surface area contributed by atoms with Crippen LogP contribution in [0, 0.1) is 12.7 Å². The van der Waals surface area contributed by atoms with Gasteiger partial charge < -0.3 is 25.8 Å². The molecule has 36 heavy (non-hydrogen) atoms. The molecule has 4 N–H and O–H groups in total. The minimum absolute atomic E-state index is 0.0751. The second-order valence-corrected chi connectivity index (χ2v) is 9.82. The lowest BCUT2D eigenvalue weighted by molar-refractivity contribution is -0.917. The van der Waals surface area contributed by atoms with Crippen LogP contribution in [0.25, 0.3) is 0 Å². The van der Waals surface area contributed by atoms with E-state index in [4.69, 9.17) is 0 Å². The number of amides is 1. The van der Waals surface area contributed by atoms with Gasteiger partial charge in [-0.2, -0.15) is 4.98 Å². The van der Waals surface area contributed by atoms with Crippen LogP contribution in [0.2, 0.25) is 0 Å². The lowest BCUT2D eigenvalue weighted by Gasteiger charge is -2.37. The van der Waals surface area contributed by atoms with Crippen LogP contribution in [0.1, 0.15) is 12.0 Å². The van der Waals surface area contributed by atoms with Crippen LogP contribution < -0.4 is 21.3 Å². The van der Waals surface area contributed by atoms with Gasteiger partial charge in [0.15, 0.2) is 11.6 Å². The molecular formula is C27H31FN7O+. The van der Waals surface area contributed by atoms with E-state index in [2.05, 4.69) is 38.3 Å². The average Bonchev–Trinajstić information content (AvgIpc) is 3.42. The van der Waals surface area contributed by atoms with Gasteiger partial charge in [-0.05, 0) is 48.9 Å². The second kappa shape index (κ2) is 10.0. The van der Waals surface area contributed by atoms with E-state index >= 15 is 0 Å². The number of quaternary nitrogens is 1. The molecule has 2 bridgehead atoms. The van der Waals surface area contributed by atoms with Crippen molar-refractivity contribution in [3.05, 3.63) is 78.3 Å². The molecule has 0 aliphatic carbocycles. The number of hydrogen-bond acceptors (Lipinski definition) is 6. The predicted octanol–water partition coefficient (Wildman–Crippen LogP) is 4.10. The standard InChI is InChI=1S/C27H30FN7O/c1-18-6-3-7-19(12-18)32-26-24(28)16-30-27(34-26)33-21-9-4-8-20(13-21)31-25(36)10-5-11-35(2)17-22-14-23(35)15-29-22/h3-10,12-13,16,22-23,29H,11,14-15,17H2,1-2H3,(H2-,30,31,32,33,34,36)/p+1. The SMILES string of the molecule is Cc1cccc(Nc2nc(Nc3cccc(NC(=O)C=CC[N+]4(C)CC5CC4CN5)c3)ncc2F)c1. The van der Waals surface area contributed by atoms with Crippen LogP contribution in [-0.2, 0) is 4.79 Å². The van der Waals surface area contributed by atoms with Gasteiger partial charge in [0.1, 0.15) is 6.04 Å². The minimum atomic E-state index is -0.552. The maximum Gasteiger partial charge on any atom is 0.248 e. The lowest BCUT2D eigenvalue weighted by Crippen LogP contribution is -2.56. The Kier molecular flexibility index (Phi) is 6.67. The number of piperazine rings is 1. The van der Waals surface area contributed by atoms with Crippen molar-refractivity contribution in [1.82, 2.24) is 15.3 Å². The van der Waals surface area contributed by atoms with E-state index in [1.54, 1.807) is 12.1 Å². The summed E-state index contributed by atoms with van der Waals surface area (Å²) >= 11 is 0. The first-order valence-electron chi connectivity index (χ1n) is 12.1. The molecule has 2 fully saturated rings. The first-order chi connectivity index (χ1) is 17.4. The number of aromatic nitrogens is 2. The van der Waals surface area contributed by atoms with Gasteiger partial charge in [-0.15, -0.1) is 0 Å². The van der Waals surface area contributed by atoms with E-state index in [1.165, 1.54) is 6.42 Å². The van der Waals surface area contributed by atoms with Crippen molar-refractivity contribution in [3.8, 4) is 0 Å². The summed E-state index contributed by atoms with van der Waals surface area (Å²) in [4.78, 5) is 20.8. The van der Waals surface area contributed by atoms with E-state index in [-0.39, 0.29) is 17.7 Å². The Labute approximate surface area is 210 Å². The Balaban J connectivity index is 1.20. The number of likely N-dealkylation sites (N-methyl/N-ethyl adjacent to an activating group) is 1. The first-order valence-corrected chi connectivity index (χ1v) is 12.1. The molecule has 3 heterocycles. The Morgan fingerprint density at radius 1 is 1.17 bits per heavy atom. The fourth-order valence-electron chi connectivity index (χ4n) is 5.05. The van der Waals surface area contributed by atoms with Gasteiger partial charge in [0.25, 0.3) is 0 Å². The highest BCUT2D eigenvalue weighted by atomic mass is 19.1. The Morgan fingerprint density at radius 2 is 1.94 bits per heavy atom. The van der Waals surface area contributed by atoms with E-state index in [1.807, 2.05) is 55.5 Å². The summed E-state index contributed by atoms with van der Waals surface area (Å²) < 4.78 is 15.3. The molecule has 2 aromatic carbocycles. The third kappa shape index (κ3) is 5.53. The molecule has 0 radical (unpaired) electrons. The molecule has 9 heteroatoms. The van der Waals surface area contributed by atoms with Gasteiger partial charge in [-0.1, -0.05) is 18.2 Å². The smallest absolute Gasteiger partial charge is 0.248 e. The van der Waals surface area contributed by atoms with Crippen molar-refractivity contribution in [2.45, 2.75) is 25.4 Å². The summed E-state index contributed by atoms with van der Waals surface area (Å²) in [5.41, 5.74) is 3.10. The number of nitrogens with zero attached hydrogens (tertiary/aromatic N) is 3. The number of nitrogens with one attached hydrogen (secondary N) is 4. The van der Waals surface area contributed by atoms with Crippen LogP contribution >= 0.6 is 0 Å². The van der Waals surface area contributed by atoms with Gasteiger partial charge in [0.05, 0.1) is 32.4 Å². The number of benzene rings is 2. The molecule has 3 aromatic rings. The maximum atomic E-state index is 14.3. The zero-order valence-electron chi connectivity index (χ0n) is 20.5. The van der Waals surface area contributed by atoms with Crippen molar-refractivity contribution in [2.24, 2.45) is 0 Å². The molecule has 1 aromatic heterocycles. The number of hydrogen-bond donors (Lipinski definition) is 4. The summed E-state index contributed by atoms with van der Waals surface area (Å²) in [7, 11) is 2.27. The number of rotatable bonds is 8. The van der Waals surface area contributed by atoms with Crippen LogP contribution in [0.3, 0.4) is 0 Å². The summed E-state index contributed by atoms with van der Waals surface area (Å²) in [6.07, 6.45) is 5.91. The van der Waals surface area contributed by atoms with Gasteiger partial charge in [-0.25, -0.2) is 9.37 Å². The number of likely N-dealkylation sites (tertiary alicyclic amines) is 1. The van der Waals surface area contributed by atoms with Gasteiger partial charge in [-0.3, -0.25) is 4.79 Å². The largest absolute Gasteiger partial charge is 0.338 e. The van der Waals surface area contributed by atoms with Gasteiger partial charge in [0.2, 0.25) is 11.9 Å². The highest BCUT2D eigenvalue weighted by Crippen LogP contribution is 2.29. The highest BCUT2D eigenvalue weighted by Gasteiger charge is 2.47. The van der Waals surface area contributed by atoms with Gasteiger partial charge in [0, 0.05) is 36.1 Å². The molecule has 5 rings (SSSR count). The average molecular weight is 489 g/mol. The van der Waals surface area contributed by atoms with Crippen LogP contribution in [0.4, 0.5) is 33.2 Å². The fourth-order valence-corrected chi connectivity index (χ4v) is 5.05. The monoisotopic (exact) mass is 488 g/mol. The van der Waals surface area contributed by atoms with Crippen LogP contribution in [0.5, 0.6) is 0 Å². The first kappa shape index (κ1) is 23.9. The number of fused-ring (bicyclic) bond motifs is 2. The third-order valence-electron chi connectivity index (χ3n) is 6.92. The van der Waals surface area contributed by atoms with Crippen molar-refractivity contribution >= 4 is 34.7 Å². The van der Waals surface area contributed by atoms with E-state index in [0.29, 0.717) is 23.5 Å². The number of carbonyl (C=O) groups excluding carboxylic acids is 1. The molecule has 2 aliphatic rings. The minimum Gasteiger partial charge on any atom is -0.338 e. The summed E-state index contributed by atoms with van der Waals surface area (Å²) in [6, 6.07) is 16.1. The summed E-state index contributed by atoms with van der Waals surface area (Å²) in [5.74, 6) is -0.416. The summed E-state index contributed by atoms with van der Waals surface area (Å²) in [5, 5.41) is 12.5. The highest BCUT2D eigenvalue weighted by molar-refractivity contribution is 5.99. The molecule has 0 spiro atoms. The second-order valence-electron chi connectivity index (χ2n) is 9.82. The van der Waals surface area contributed by atoms with Crippen molar-refractivity contribution in [3.63, 3.8) is 0 Å². The number of carbonyl (C=O) groups is 1. The number of halogens is 1. The summed E-state index contributed by atoms with van der Waals surface area (Å²) in [6.45, 7) is 4.98. The molecule has 3 unspecified atom stereocenters. The number of anilines is 5. The normalized spacial score (nSPS) is 22.6. The zero-order chi connectivity index (χ0) is 25.1. The zero-order valence-corrected chi connectivity index (χ0v) is 20.5. The fraction of sp³-hybridized carbons (Fsp3) is 0.296. The Morgan fingerprint density at radius 3 is 2.69 bits per heavy atom. The van der Waals surface area contributed by atoms with Gasteiger partial charge >= 0.3 is 0 Å². The molecule has 8 nitrogen and oxygen atoms in total. The Bertz CT molecular complexity index is 1300. The molecule has 3 atom stereocenters. The molecule has 0 saturated carbocycles. The van der Waals surface area contributed by atoms with Crippen molar-refractivity contribution < 1.29 is 13.7 Å². The van der Waals surface area contributed by atoms with E-state index < -0.39 is 5.82 Å². The van der Waals surface area contributed by atoms with Crippen molar-refractivity contribution in [2.75, 3.05) is 42.6 Å². The third-order valence-corrected chi connectivity index (χ3v) is 6.92. The van der Waals surface area contributed by atoms with E-state index in [0.717, 1.165) is 41.6 Å². The molecule has 186 valence electrons. The predicted molar refractivity (Wildman–Crippen MR) is 140 cm³/mol. The van der Waals surface area contributed by atoms with E-state index in [9.17, 15) is 9.18 Å². The lowest BCUT2D eigenvalue weighted by atomic mass is 10.2. The Hall–Kier alpha value is -3.82. The quantitative estimate of drug-likeness (QED) is 0.282. The topological polar surface area (TPSA) is 91.0 Å². The number of aryl methyl sites for hydroxylation is 1. The molecule has 2 saturated heterocycles. The molecule has 2 aliphatic heterocycles. The van der Waals surface area contributed by atoms with Crippen LogP contribution in [0.15, 0.2) is 66.9 Å². The van der Waals surface area contributed by atoms with Crippen LogP contribution in [-0.4, -0.2) is 59.1 Å². The molecule has 1 amide bonds. The van der Waals surface area contributed by atoms with Crippen molar-refractivity contribution in [1.29, 1.82) is 0 Å². The maximum absolute atomic E-state index is 14.3. The molecular weight excluding hydrogens is 457 g/mol.